The number of phosphoric acid groups is 2. The maximum Gasteiger partial charge on any atom is 0.472 e. The number of aromatic amines is 1. The van der Waals surface area contributed by atoms with Crippen LogP contribution in [0, 0.1) is 0 Å². The van der Waals surface area contributed by atoms with Crippen LogP contribution in [0.15, 0.2) is 36.4 Å². The van der Waals surface area contributed by atoms with Gasteiger partial charge in [-0.2, -0.15) is 4.98 Å². The summed E-state index contributed by atoms with van der Waals surface area (Å²) in [6.45, 7) is -1.98. The van der Waals surface area contributed by atoms with Crippen molar-refractivity contribution >= 4 is 66.7 Å². The third-order valence-corrected chi connectivity index (χ3v) is 12.3. The molecule has 61 heavy (non-hydrogen) atoms. The number of aromatic nitrogens is 12. The molecule has 9 heterocycles. The third kappa shape index (κ3) is 8.07. The zero-order valence-corrected chi connectivity index (χ0v) is 33.0. The van der Waals surface area contributed by atoms with Gasteiger partial charge in [0.25, 0.3) is 5.56 Å². The van der Waals surface area contributed by atoms with Crippen LogP contribution in [0.2, 0.25) is 0 Å². The minimum Gasteiger partial charge on any atom is -0.394 e. The van der Waals surface area contributed by atoms with E-state index in [1.54, 1.807) is 0 Å². The number of imidazole rings is 3. The van der Waals surface area contributed by atoms with Gasteiger partial charge in [-0.25, -0.2) is 44.0 Å². The Morgan fingerprint density at radius 3 is 1.74 bits per heavy atom. The summed E-state index contributed by atoms with van der Waals surface area (Å²) in [7, 11) is -10.0. The molecule has 29 nitrogen and oxygen atoms in total. The lowest BCUT2D eigenvalue weighted by atomic mass is 10.2. The van der Waals surface area contributed by atoms with Crippen LogP contribution in [-0.2, 0) is 41.4 Å². The summed E-state index contributed by atoms with van der Waals surface area (Å²) < 4.78 is 70.8. The van der Waals surface area contributed by atoms with Gasteiger partial charge in [-0.15, -0.1) is 0 Å². The smallest absolute Gasteiger partial charge is 0.394 e. The lowest BCUT2D eigenvalue weighted by Gasteiger charge is -2.24. The second kappa shape index (κ2) is 16.0. The molecule has 9 rings (SSSR count). The van der Waals surface area contributed by atoms with Gasteiger partial charge in [0.15, 0.2) is 34.1 Å². The number of hydrogen-bond acceptors (Lipinski definition) is 23. The summed E-state index contributed by atoms with van der Waals surface area (Å²) >= 11 is 0. The van der Waals surface area contributed by atoms with Crippen LogP contribution < -0.4 is 22.8 Å². The van der Waals surface area contributed by atoms with Gasteiger partial charge in [0.1, 0.15) is 72.9 Å². The zero-order chi connectivity index (χ0) is 42.8. The van der Waals surface area contributed by atoms with Crippen molar-refractivity contribution < 1.29 is 61.4 Å². The molecule has 11 N–H and O–H groups in total. The Morgan fingerprint density at radius 2 is 1.16 bits per heavy atom. The largest absolute Gasteiger partial charge is 0.472 e. The SMILES string of the molecule is Nc1nc2c(ncn2[C@H]2C[C@H](OP(=O)(O)OC[C@H]3O[C@@H](n4cnc5c(N)ncnc54)C[C@@H]3O)[C@@H](COP(=O)(O)O[C@H]3C[C@H](n4cnc5c(N)ncnc54)O[C@@H]3CO)O2)c(=O)[nH]1. The first-order valence-electron chi connectivity index (χ1n) is 18.3. The lowest BCUT2D eigenvalue weighted by Crippen LogP contribution is -2.31. The number of H-pyrrole nitrogens is 1. The van der Waals surface area contributed by atoms with Crippen molar-refractivity contribution in [1.29, 1.82) is 0 Å². The average molecular weight is 894 g/mol. The Morgan fingerprint density at radius 1 is 0.689 bits per heavy atom. The monoisotopic (exact) mass is 893 g/mol. The van der Waals surface area contributed by atoms with Crippen molar-refractivity contribution in [2.24, 2.45) is 0 Å². The number of phosphoric ester groups is 2. The molecule has 0 aliphatic carbocycles. The fourth-order valence-electron chi connectivity index (χ4n) is 7.37. The first kappa shape index (κ1) is 41.2. The van der Waals surface area contributed by atoms with E-state index in [0.29, 0.717) is 22.3 Å². The minimum atomic E-state index is -5.03. The highest BCUT2D eigenvalue weighted by atomic mass is 31.2. The zero-order valence-electron chi connectivity index (χ0n) is 31.2. The van der Waals surface area contributed by atoms with E-state index in [1.807, 2.05) is 0 Å². The summed E-state index contributed by atoms with van der Waals surface area (Å²) in [5.74, 6) is 0.0339. The van der Waals surface area contributed by atoms with E-state index in [0.717, 1.165) is 0 Å². The molecule has 0 aromatic carbocycles. The number of nitrogens with two attached hydrogens (primary N) is 3. The maximum atomic E-state index is 13.5. The third-order valence-electron chi connectivity index (χ3n) is 10.2. The molecular weight excluding hydrogens is 856 g/mol. The van der Waals surface area contributed by atoms with Crippen molar-refractivity contribution in [1.82, 2.24) is 58.6 Å². The molecule has 3 fully saturated rings. The second-order valence-corrected chi connectivity index (χ2v) is 16.9. The van der Waals surface area contributed by atoms with E-state index >= 15 is 0 Å². The standard InChI is InChI=1S/C30H37N15O14P2/c31-24-21-26(36-7-34-24)43(9-38-21)18-1-12(47)16(56-18)5-53-60(49,50)59-14-3-20(45-11-40-23-28(45)41-30(33)42-29(23)48)57-17(14)6-54-61(51,52)58-13-2-19(55-15(13)4-46)44-10-39-22-25(32)35-8-37-27(22)44/h7-20,46-47H,1-6H2,(H,49,50)(H,51,52)(H2,31,34,36)(H2,32,35,37)(H3,33,41,42,48)/t12-,13-,14-,15+,16+,17+,18+,19+,20+/m0/s1. The van der Waals surface area contributed by atoms with Gasteiger partial charge < -0.3 is 51.4 Å². The summed E-state index contributed by atoms with van der Waals surface area (Å²) in [6.07, 6.45) is -3.81. The summed E-state index contributed by atoms with van der Waals surface area (Å²) in [5.41, 5.74) is 18.1. The predicted octanol–water partition coefficient (Wildman–Crippen LogP) is -1.23. The molecule has 6 aromatic rings. The quantitative estimate of drug-likeness (QED) is 0.0593. The van der Waals surface area contributed by atoms with Gasteiger partial charge in [-0.05, 0) is 0 Å². The van der Waals surface area contributed by atoms with E-state index in [-0.39, 0.29) is 48.0 Å². The number of hydrogen-bond donors (Lipinski definition) is 8. The van der Waals surface area contributed by atoms with Crippen molar-refractivity contribution in [3.8, 4) is 0 Å². The maximum absolute atomic E-state index is 13.5. The van der Waals surface area contributed by atoms with Gasteiger partial charge in [0, 0.05) is 19.3 Å². The van der Waals surface area contributed by atoms with E-state index in [2.05, 4.69) is 44.9 Å². The number of aliphatic hydroxyl groups is 2. The molecule has 11 atom stereocenters. The number of fused-ring (bicyclic) bond motifs is 3. The van der Waals surface area contributed by atoms with Gasteiger partial charge in [0.2, 0.25) is 5.95 Å². The van der Waals surface area contributed by atoms with Crippen molar-refractivity contribution in [2.45, 2.75) is 74.6 Å². The molecule has 326 valence electrons. The summed E-state index contributed by atoms with van der Waals surface area (Å²) in [4.78, 5) is 69.4. The topological polar surface area (TPSA) is 409 Å². The van der Waals surface area contributed by atoms with Crippen LogP contribution >= 0.6 is 15.6 Å². The average Bonchev–Trinajstić information content (AvgIpc) is 4.06. The van der Waals surface area contributed by atoms with Crippen molar-refractivity contribution in [3.05, 3.63) is 42.0 Å². The first-order chi connectivity index (χ1) is 29.2. The molecule has 0 radical (unpaired) electrons. The number of nitrogens with one attached hydrogen (secondary N) is 1. The molecule has 6 aromatic heterocycles. The molecule has 0 amide bonds. The Labute approximate surface area is 340 Å². The van der Waals surface area contributed by atoms with Gasteiger partial charge in [0.05, 0.1) is 44.9 Å². The molecule has 0 spiro atoms. The number of nitrogen functional groups attached to an aromatic ring is 3. The van der Waals surface area contributed by atoms with E-state index in [1.165, 1.54) is 45.3 Å². The van der Waals surface area contributed by atoms with Gasteiger partial charge in [-0.3, -0.25) is 41.6 Å². The van der Waals surface area contributed by atoms with Crippen LogP contribution in [0.4, 0.5) is 17.6 Å². The van der Waals surface area contributed by atoms with Crippen molar-refractivity contribution in [2.75, 3.05) is 37.0 Å². The van der Waals surface area contributed by atoms with Gasteiger partial charge >= 0.3 is 15.6 Å². The molecule has 0 saturated carbocycles. The van der Waals surface area contributed by atoms with Crippen LogP contribution in [-0.4, -0.2) is 135 Å². The highest BCUT2D eigenvalue weighted by molar-refractivity contribution is 7.47. The molecule has 2 unspecified atom stereocenters. The Balaban J connectivity index is 0.885. The first-order valence-corrected chi connectivity index (χ1v) is 21.3. The van der Waals surface area contributed by atoms with E-state index in [4.69, 9.17) is 49.5 Å². The molecule has 3 saturated heterocycles. The molecule has 31 heteroatoms. The number of ether oxygens (including phenoxy) is 3. The fourth-order valence-corrected chi connectivity index (χ4v) is 9.29. The fraction of sp³-hybridized carbons (Fsp3) is 0.500. The highest BCUT2D eigenvalue weighted by Crippen LogP contribution is 2.52. The minimum absolute atomic E-state index is 0.00133. The van der Waals surface area contributed by atoms with Gasteiger partial charge in [-0.1, -0.05) is 0 Å². The summed E-state index contributed by atoms with van der Waals surface area (Å²) in [5, 5.41) is 20.8. The summed E-state index contributed by atoms with van der Waals surface area (Å²) in [6, 6.07) is 0. The Kier molecular flexibility index (Phi) is 10.8. The number of rotatable bonds is 14. The molecular formula is C30H37N15O14P2. The number of nitrogens with zero attached hydrogens (tertiary/aromatic N) is 11. The lowest BCUT2D eigenvalue weighted by molar-refractivity contribution is -0.0599. The number of anilines is 3. The van der Waals surface area contributed by atoms with E-state index < -0.39 is 96.3 Å². The normalized spacial score (nSPS) is 28.9. The molecule has 3 aliphatic heterocycles. The van der Waals surface area contributed by atoms with E-state index in [9.17, 15) is 33.9 Å². The molecule has 0 bridgehead atoms. The predicted molar refractivity (Wildman–Crippen MR) is 202 cm³/mol. The highest BCUT2D eigenvalue weighted by Gasteiger charge is 2.46. The van der Waals surface area contributed by atoms with Crippen LogP contribution in [0.5, 0.6) is 0 Å². The second-order valence-electron chi connectivity index (χ2n) is 14.1. The Hall–Kier alpha value is -5.13. The van der Waals surface area contributed by atoms with Crippen LogP contribution in [0.1, 0.15) is 37.9 Å². The molecule has 3 aliphatic rings. The Bertz CT molecular complexity index is 2750. The van der Waals surface area contributed by atoms with Crippen LogP contribution in [0.25, 0.3) is 33.5 Å². The number of aliphatic hydroxyl groups excluding tert-OH is 2. The van der Waals surface area contributed by atoms with Crippen molar-refractivity contribution in [3.63, 3.8) is 0 Å². The van der Waals surface area contributed by atoms with Crippen LogP contribution in [0.3, 0.4) is 0 Å².